The molecule has 2 N–H and O–H groups in total. The van der Waals surface area contributed by atoms with Crippen molar-refractivity contribution in [1.29, 1.82) is 0 Å². The van der Waals surface area contributed by atoms with Gasteiger partial charge in [-0.3, -0.25) is 0 Å². The molecule has 1 fully saturated rings. The molecule has 164 valence electrons. The molecule has 30 heavy (non-hydrogen) atoms. The average Bonchev–Trinajstić information content (AvgIpc) is 3.22. The molecule has 0 unspecified atom stereocenters. The standard InChI is InChI=1S/C23H35N5O2/c1-2-24-23(26-11-6-14-30-19-21-9-15-29-16-10-21)27-17-22-25-12-13-28(22)18-20-7-4-3-5-8-20/h3-5,7-8,12-13,21H,2,6,9-11,14-19H2,1H3,(H2,24,26,27). The summed E-state index contributed by atoms with van der Waals surface area (Å²) in [5.41, 5.74) is 1.26. The van der Waals surface area contributed by atoms with E-state index in [4.69, 9.17) is 14.5 Å². The first-order valence-electron chi connectivity index (χ1n) is 11.1. The molecule has 3 rings (SSSR count). The van der Waals surface area contributed by atoms with Gasteiger partial charge in [-0.2, -0.15) is 0 Å². The van der Waals surface area contributed by atoms with Gasteiger partial charge >= 0.3 is 0 Å². The lowest BCUT2D eigenvalue weighted by molar-refractivity contribution is 0.0203. The summed E-state index contributed by atoms with van der Waals surface area (Å²) in [5.74, 6) is 2.43. The Balaban J connectivity index is 1.39. The number of aromatic nitrogens is 2. The summed E-state index contributed by atoms with van der Waals surface area (Å²) in [6, 6.07) is 10.4. The summed E-state index contributed by atoms with van der Waals surface area (Å²) in [4.78, 5) is 9.19. The Morgan fingerprint density at radius 2 is 2.07 bits per heavy atom. The van der Waals surface area contributed by atoms with E-state index in [1.165, 1.54) is 5.56 Å². The van der Waals surface area contributed by atoms with Crippen molar-refractivity contribution < 1.29 is 9.47 Å². The molecule has 0 aliphatic carbocycles. The van der Waals surface area contributed by atoms with Crippen molar-refractivity contribution in [3.63, 3.8) is 0 Å². The highest BCUT2D eigenvalue weighted by molar-refractivity contribution is 5.79. The van der Waals surface area contributed by atoms with E-state index < -0.39 is 0 Å². The fraction of sp³-hybridized carbons (Fsp3) is 0.565. The van der Waals surface area contributed by atoms with Gasteiger partial charge in [0.1, 0.15) is 12.4 Å². The number of aliphatic imine (C=N–C) groups is 1. The molecule has 2 aromatic rings. The minimum atomic E-state index is 0.537. The van der Waals surface area contributed by atoms with Crippen LogP contribution in [0.15, 0.2) is 47.7 Å². The Morgan fingerprint density at radius 3 is 2.87 bits per heavy atom. The normalized spacial score (nSPS) is 15.3. The van der Waals surface area contributed by atoms with Crippen LogP contribution >= 0.6 is 0 Å². The van der Waals surface area contributed by atoms with E-state index in [1.54, 1.807) is 0 Å². The topological polar surface area (TPSA) is 72.7 Å². The molecule has 0 saturated carbocycles. The van der Waals surface area contributed by atoms with Crippen LogP contribution in [0.5, 0.6) is 0 Å². The molecule has 0 bridgehead atoms. The van der Waals surface area contributed by atoms with Crippen LogP contribution in [0.3, 0.4) is 0 Å². The summed E-state index contributed by atoms with van der Waals surface area (Å²) >= 11 is 0. The Morgan fingerprint density at radius 1 is 1.23 bits per heavy atom. The molecule has 0 atom stereocenters. The monoisotopic (exact) mass is 413 g/mol. The Kier molecular flexibility index (Phi) is 9.69. The van der Waals surface area contributed by atoms with Crippen molar-refractivity contribution in [3.8, 4) is 0 Å². The van der Waals surface area contributed by atoms with Crippen molar-refractivity contribution in [3.05, 3.63) is 54.1 Å². The van der Waals surface area contributed by atoms with Crippen LogP contribution in [0.4, 0.5) is 0 Å². The molecular weight excluding hydrogens is 378 g/mol. The van der Waals surface area contributed by atoms with Gasteiger partial charge < -0.3 is 24.7 Å². The predicted octanol–water partition coefficient (Wildman–Crippen LogP) is 2.82. The zero-order chi connectivity index (χ0) is 20.9. The van der Waals surface area contributed by atoms with Gasteiger partial charge in [0.05, 0.1) is 0 Å². The number of benzene rings is 1. The number of ether oxygens (including phenoxy) is 2. The van der Waals surface area contributed by atoms with E-state index in [0.29, 0.717) is 12.5 Å². The van der Waals surface area contributed by atoms with Crippen LogP contribution in [-0.4, -0.2) is 55.0 Å². The minimum Gasteiger partial charge on any atom is -0.381 e. The maximum atomic E-state index is 5.84. The van der Waals surface area contributed by atoms with Gasteiger partial charge in [0.2, 0.25) is 0 Å². The molecule has 1 aromatic carbocycles. The van der Waals surface area contributed by atoms with Crippen LogP contribution in [0.2, 0.25) is 0 Å². The van der Waals surface area contributed by atoms with Gasteiger partial charge in [0.25, 0.3) is 0 Å². The van der Waals surface area contributed by atoms with E-state index in [-0.39, 0.29) is 0 Å². The van der Waals surface area contributed by atoms with Gasteiger partial charge in [0, 0.05) is 58.5 Å². The maximum Gasteiger partial charge on any atom is 0.191 e. The summed E-state index contributed by atoms with van der Waals surface area (Å²) < 4.78 is 13.4. The first kappa shape index (κ1) is 22.3. The van der Waals surface area contributed by atoms with Crippen LogP contribution < -0.4 is 10.6 Å². The molecule has 0 radical (unpaired) electrons. The minimum absolute atomic E-state index is 0.537. The lowest BCUT2D eigenvalue weighted by Crippen LogP contribution is -2.38. The van der Waals surface area contributed by atoms with Gasteiger partial charge in [0.15, 0.2) is 5.96 Å². The molecule has 7 heteroatoms. The smallest absolute Gasteiger partial charge is 0.191 e. The van der Waals surface area contributed by atoms with E-state index in [1.807, 2.05) is 18.5 Å². The lowest BCUT2D eigenvalue weighted by atomic mass is 10.0. The van der Waals surface area contributed by atoms with Crippen molar-refractivity contribution in [2.75, 3.05) is 39.5 Å². The molecule has 2 heterocycles. The zero-order valence-corrected chi connectivity index (χ0v) is 18.1. The van der Waals surface area contributed by atoms with Crippen molar-refractivity contribution in [2.24, 2.45) is 10.9 Å². The quantitative estimate of drug-likeness (QED) is 0.337. The van der Waals surface area contributed by atoms with Crippen LogP contribution in [0.25, 0.3) is 0 Å². The van der Waals surface area contributed by atoms with Gasteiger partial charge in [-0.1, -0.05) is 30.3 Å². The molecular formula is C23H35N5O2. The number of nitrogens with one attached hydrogen (secondary N) is 2. The van der Waals surface area contributed by atoms with E-state index in [0.717, 1.165) is 77.1 Å². The fourth-order valence-corrected chi connectivity index (χ4v) is 3.45. The highest BCUT2D eigenvalue weighted by Gasteiger charge is 2.13. The number of rotatable bonds is 11. The Labute approximate surface area is 179 Å². The predicted molar refractivity (Wildman–Crippen MR) is 120 cm³/mol. The lowest BCUT2D eigenvalue weighted by Gasteiger charge is -2.21. The largest absolute Gasteiger partial charge is 0.381 e. The van der Waals surface area contributed by atoms with Crippen LogP contribution in [0, 0.1) is 5.92 Å². The number of imidazole rings is 1. The van der Waals surface area contributed by atoms with Crippen LogP contribution in [0.1, 0.15) is 37.6 Å². The third-order valence-electron chi connectivity index (χ3n) is 5.17. The highest BCUT2D eigenvalue weighted by atomic mass is 16.5. The van der Waals surface area contributed by atoms with Gasteiger partial charge in [-0.05, 0) is 37.7 Å². The van der Waals surface area contributed by atoms with E-state index in [9.17, 15) is 0 Å². The highest BCUT2D eigenvalue weighted by Crippen LogP contribution is 2.14. The average molecular weight is 414 g/mol. The van der Waals surface area contributed by atoms with Gasteiger partial charge in [-0.15, -0.1) is 0 Å². The van der Waals surface area contributed by atoms with Crippen molar-refractivity contribution in [2.45, 2.75) is 39.3 Å². The molecule has 1 aliphatic rings. The first-order chi connectivity index (χ1) is 14.8. The molecule has 0 amide bonds. The third-order valence-corrected chi connectivity index (χ3v) is 5.17. The first-order valence-corrected chi connectivity index (χ1v) is 11.1. The Hall–Kier alpha value is -2.38. The molecule has 0 spiro atoms. The summed E-state index contributed by atoms with van der Waals surface area (Å²) in [6.45, 7) is 8.44. The molecule has 1 aliphatic heterocycles. The zero-order valence-electron chi connectivity index (χ0n) is 18.1. The van der Waals surface area contributed by atoms with Crippen LogP contribution in [-0.2, 0) is 22.6 Å². The van der Waals surface area contributed by atoms with E-state index in [2.05, 4.69) is 51.4 Å². The second-order valence-electron chi connectivity index (χ2n) is 7.56. The molecule has 7 nitrogen and oxygen atoms in total. The maximum absolute atomic E-state index is 5.84. The summed E-state index contributed by atoms with van der Waals surface area (Å²) in [7, 11) is 0. The third kappa shape index (κ3) is 7.80. The van der Waals surface area contributed by atoms with Crippen molar-refractivity contribution in [1.82, 2.24) is 20.2 Å². The number of hydrogen-bond acceptors (Lipinski definition) is 4. The second kappa shape index (κ2) is 13.0. The number of guanidine groups is 1. The summed E-state index contributed by atoms with van der Waals surface area (Å²) in [6.07, 6.45) is 7.04. The van der Waals surface area contributed by atoms with E-state index >= 15 is 0 Å². The summed E-state index contributed by atoms with van der Waals surface area (Å²) in [5, 5.41) is 6.70. The number of hydrogen-bond donors (Lipinski definition) is 2. The molecule has 1 aromatic heterocycles. The Bertz CT molecular complexity index is 741. The number of nitrogens with zero attached hydrogens (tertiary/aromatic N) is 3. The molecule has 1 saturated heterocycles. The second-order valence-corrected chi connectivity index (χ2v) is 7.56. The van der Waals surface area contributed by atoms with Crippen molar-refractivity contribution >= 4 is 5.96 Å². The van der Waals surface area contributed by atoms with Gasteiger partial charge in [-0.25, -0.2) is 9.98 Å². The fourth-order valence-electron chi connectivity index (χ4n) is 3.45. The SMILES string of the molecule is CCNC(=NCc1nccn1Cc1ccccc1)NCCCOCC1CCOCC1.